The van der Waals surface area contributed by atoms with Gasteiger partial charge in [-0.15, -0.1) is 0 Å². The summed E-state index contributed by atoms with van der Waals surface area (Å²) in [5, 5.41) is 20.9. The minimum Gasteiger partial charge on any atom is -0.460 e. The third-order valence-electron chi connectivity index (χ3n) is 11.6. The van der Waals surface area contributed by atoms with E-state index in [1.165, 1.54) is 18.2 Å². The van der Waals surface area contributed by atoms with E-state index in [-0.39, 0.29) is 18.4 Å². The van der Waals surface area contributed by atoms with Crippen LogP contribution in [0.1, 0.15) is 104 Å². The van der Waals surface area contributed by atoms with Crippen molar-refractivity contribution < 1.29 is 38.6 Å². The maximum Gasteiger partial charge on any atom is 0.325 e. The first kappa shape index (κ1) is 39.5. The van der Waals surface area contributed by atoms with Gasteiger partial charge in [-0.05, 0) is 75.5 Å². The summed E-state index contributed by atoms with van der Waals surface area (Å²) in [4.78, 5) is 83.3. The number of rotatable bonds is 7. The van der Waals surface area contributed by atoms with Crippen molar-refractivity contribution in [2.45, 2.75) is 141 Å². The summed E-state index contributed by atoms with van der Waals surface area (Å²) in [7, 11) is 1.57. The zero-order chi connectivity index (χ0) is 36.5. The van der Waals surface area contributed by atoms with Crippen LogP contribution in [0.3, 0.4) is 0 Å². The summed E-state index contributed by atoms with van der Waals surface area (Å²) in [5.41, 5.74) is 5.91. The fourth-order valence-electron chi connectivity index (χ4n) is 8.65. The highest BCUT2D eigenvalue weighted by molar-refractivity contribution is 5.96. The molecule has 7 N–H and O–H groups in total. The number of nitrogens with two attached hydrogens (primary N) is 1. The van der Waals surface area contributed by atoms with Gasteiger partial charge in [0.1, 0.15) is 36.8 Å². The zero-order valence-electron chi connectivity index (χ0n) is 30.3. The van der Waals surface area contributed by atoms with E-state index in [2.05, 4.69) is 21.3 Å². The lowest BCUT2D eigenvalue weighted by Crippen LogP contribution is -2.62. The van der Waals surface area contributed by atoms with E-state index in [0.717, 1.165) is 44.9 Å². The van der Waals surface area contributed by atoms with Crippen molar-refractivity contribution in [3.05, 3.63) is 0 Å². The van der Waals surface area contributed by atoms with Gasteiger partial charge in [0.05, 0.1) is 12.0 Å². The summed E-state index contributed by atoms with van der Waals surface area (Å²) in [5.74, 6) is -3.37. The fraction of sp³-hybridized carbons (Fsp3) is 0.833. The van der Waals surface area contributed by atoms with Gasteiger partial charge >= 0.3 is 5.97 Å². The summed E-state index contributed by atoms with van der Waals surface area (Å²) in [6.07, 6.45) is 8.90. The number of aliphatic hydroxyl groups is 1. The average Bonchev–Trinajstić information content (AvgIpc) is 3.61. The van der Waals surface area contributed by atoms with Crippen molar-refractivity contribution in [1.82, 2.24) is 26.2 Å². The van der Waals surface area contributed by atoms with E-state index in [0.29, 0.717) is 49.9 Å². The molecule has 1 heterocycles. The van der Waals surface area contributed by atoms with Crippen LogP contribution in [0.2, 0.25) is 0 Å². The molecule has 282 valence electrons. The van der Waals surface area contributed by atoms with Crippen LogP contribution in [0.5, 0.6) is 0 Å². The molecule has 14 heteroatoms. The second kappa shape index (κ2) is 18.3. The molecular weight excluding hydrogens is 644 g/mol. The molecule has 0 aromatic heterocycles. The first-order valence-electron chi connectivity index (χ1n) is 18.9. The van der Waals surface area contributed by atoms with Gasteiger partial charge in [0, 0.05) is 13.6 Å². The second-order valence-electron chi connectivity index (χ2n) is 15.2. The van der Waals surface area contributed by atoms with Crippen molar-refractivity contribution in [2.24, 2.45) is 35.3 Å². The molecule has 50 heavy (non-hydrogen) atoms. The number of nitrogens with one attached hydrogen (secondary N) is 4. The van der Waals surface area contributed by atoms with Crippen molar-refractivity contribution in [2.75, 3.05) is 20.1 Å². The zero-order valence-corrected chi connectivity index (χ0v) is 30.3. The number of hydrogen-bond donors (Lipinski definition) is 6. The highest BCUT2D eigenvalue weighted by atomic mass is 16.5. The number of hydrogen-bond acceptors (Lipinski definition) is 9. The standard InChI is InChI=1S/C36H60N6O8/c1-5-10-27-33(46)41-31(23-11-8-6-7-9-12-23)35(48)39-26(18-37)32(45)40-30(21(3)43)34(47)38-19-29(44)50-28(20(2)36(49)42(27)4)17-25-16-22-13-14-24(25)15-22/h20-28,30-31,43H,5-19,37H2,1-4H3,(H,38,47)(H,39,48)(H,40,45)(H,41,46)/t20-,21+,22?,24?,25?,26+,27+,28-,30+,31+/m1/s1. The molecule has 4 rings (SSSR count). The Morgan fingerprint density at radius 1 is 0.880 bits per heavy atom. The maximum atomic E-state index is 14.2. The minimum absolute atomic E-state index is 0.208. The number of cyclic esters (lactones) is 1. The van der Waals surface area contributed by atoms with Crippen LogP contribution in [0.25, 0.3) is 0 Å². The van der Waals surface area contributed by atoms with E-state index in [9.17, 15) is 33.9 Å². The van der Waals surface area contributed by atoms with Crippen LogP contribution >= 0.6 is 0 Å². The quantitative estimate of drug-likeness (QED) is 0.164. The van der Waals surface area contributed by atoms with E-state index < -0.39 is 78.4 Å². The molecule has 1 saturated heterocycles. The van der Waals surface area contributed by atoms with Gasteiger partial charge in [-0.25, -0.2) is 0 Å². The SMILES string of the molecule is CCC[C@H]1C(=O)N[C@@H](C2CCCCCC2)C(=O)N[C@@H](CN)C(=O)N[C@@H]([C@H](C)O)C(=O)NCC(=O)O[C@H](CC2CC3CCC2C3)[C@@H](C)C(=O)N1C. The number of amides is 5. The molecule has 0 radical (unpaired) electrons. The van der Waals surface area contributed by atoms with E-state index in [1.54, 1.807) is 14.0 Å². The van der Waals surface area contributed by atoms with Gasteiger partial charge in [0.15, 0.2) is 0 Å². The van der Waals surface area contributed by atoms with Crippen LogP contribution in [0.15, 0.2) is 0 Å². The van der Waals surface area contributed by atoms with Crippen LogP contribution in [-0.4, -0.2) is 102 Å². The van der Waals surface area contributed by atoms with Gasteiger partial charge in [-0.3, -0.25) is 28.8 Å². The molecule has 10 atom stereocenters. The Hall–Kier alpha value is -3.26. The van der Waals surface area contributed by atoms with E-state index >= 15 is 0 Å². The molecule has 0 aromatic carbocycles. The van der Waals surface area contributed by atoms with E-state index in [4.69, 9.17) is 10.5 Å². The van der Waals surface area contributed by atoms with Crippen LogP contribution in [-0.2, 0) is 33.5 Å². The van der Waals surface area contributed by atoms with Crippen molar-refractivity contribution in [3.63, 3.8) is 0 Å². The third kappa shape index (κ3) is 9.95. The summed E-state index contributed by atoms with van der Waals surface area (Å²) in [6, 6.07) is -4.63. The number of carbonyl (C=O) groups is 6. The second-order valence-corrected chi connectivity index (χ2v) is 15.2. The Balaban J connectivity index is 1.68. The highest BCUT2D eigenvalue weighted by Crippen LogP contribution is 2.50. The molecule has 3 aliphatic carbocycles. The van der Waals surface area contributed by atoms with Crippen molar-refractivity contribution in [1.29, 1.82) is 0 Å². The molecule has 3 saturated carbocycles. The first-order chi connectivity index (χ1) is 23.8. The predicted molar refractivity (Wildman–Crippen MR) is 185 cm³/mol. The van der Waals surface area contributed by atoms with Crippen LogP contribution in [0.4, 0.5) is 0 Å². The lowest BCUT2D eigenvalue weighted by atomic mass is 9.82. The lowest BCUT2D eigenvalue weighted by molar-refractivity contribution is -0.158. The number of esters is 1. The third-order valence-corrected chi connectivity index (χ3v) is 11.6. The molecule has 5 amide bonds. The normalized spacial score (nSPS) is 35.1. The largest absolute Gasteiger partial charge is 0.460 e. The molecule has 0 aromatic rings. The number of fused-ring (bicyclic) bond motifs is 2. The Bertz CT molecular complexity index is 1220. The van der Waals surface area contributed by atoms with E-state index in [1.807, 2.05) is 6.92 Å². The molecule has 3 unspecified atom stereocenters. The molecular formula is C36H60N6O8. The Morgan fingerprint density at radius 2 is 1.58 bits per heavy atom. The smallest absolute Gasteiger partial charge is 0.325 e. The molecule has 4 fully saturated rings. The van der Waals surface area contributed by atoms with Gasteiger partial charge in [0.2, 0.25) is 29.5 Å². The topological polar surface area (TPSA) is 209 Å². The lowest BCUT2D eigenvalue weighted by Gasteiger charge is -2.35. The molecule has 14 nitrogen and oxygen atoms in total. The molecule has 4 aliphatic rings. The summed E-state index contributed by atoms with van der Waals surface area (Å²) < 4.78 is 5.94. The highest BCUT2D eigenvalue weighted by Gasteiger charge is 2.44. The van der Waals surface area contributed by atoms with Crippen LogP contribution < -0.4 is 27.0 Å². The molecule has 0 spiro atoms. The number of aliphatic hydroxyl groups excluding tert-OH is 1. The number of carbonyl (C=O) groups excluding carboxylic acids is 6. The Morgan fingerprint density at radius 3 is 2.16 bits per heavy atom. The minimum atomic E-state index is -1.46. The molecule has 2 bridgehead atoms. The predicted octanol–water partition coefficient (Wildman–Crippen LogP) is 0.882. The number of likely N-dealkylation sites (N-methyl/N-ethyl adjacent to an activating group) is 1. The van der Waals surface area contributed by atoms with Gasteiger partial charge < -0.3 is 41.7 Å². The fourth-order valence-corrected chi connectivity index (χ4v) is 8.65. The summed E-state index contributed by atoms with van der Waals surface area (Å²) in [6.45, 7) is 4.06. The van der Waals surface area contributed by atoms with Gasteiger partial charge in [-0.2, -0.15) is 0 Å². The average molecular weight is 705 g/mol. The van der Waals surface area contributed by atoms with Gasteiger partial charge in [0.25, 0.3) is 0 Å². The van der Waals surface area contributed by atoms with Gasteiger partial charge in [-0.1, -0.05) is 52.4 Å². The maximum absolute atomic E-state index is 14.2. The Labute approximate surface area is 296 Å². The van der Waals surface area contributed by atoms with Crippen molar-refractivity contribution in [3.8, 4) is 0 Å². The monoisotopic (exact) mass is 704 g/mol. The van der Waals surface area contributed by atoms with Crippen molar-refractivity contribution >= 4 is 35.5 Å². The summed E-state index contributed by atoms with van der Waals surface area (Å²) >= 11 is 0. The Kier molecular flexibility index (Phi) is 14.5. The first-order valence-corrected chi connectivity index (χ1v) is 18.9. The number of ether oxygens (including phenoxy) is 1. The number of nitrogens with zero attached hydrogens (tertiary/aromatic N) is 1. The van der Waals surface area contributed by atoms with Crippen LogP contribution in [0, 0.1) is 29.6 Å². The molecule has 1 aliphatic heterocycles.